The maximum Gasteiger partial charge on any atom is 0.306 e. The summed E-state index contributed by atoms with van der Waals surface area (Å²) in [5, 5.41) is 2.35. The number of fused-ring (bicyclic) bond motifs is 2. The minimum Gasteiger partial charge on any atom is -0.455 e. The molecule has 0 spiro atoms. The van der Waals surface area contributed by atoms with E-state index in [4.69, 9.17) is 4.74 Å². The molecule has 0 atom stereocenters. The van der Waals surface area contributed by atoms with Crippen molar-refractivity contribution in [3.8, 4) is 11.1 Å². The van der Waals surface area contributed by atoms with E-state index in [2.05, 4.69) is 82.3 Å². The van der Waals surface area contributed by atoms with Crippen molar-refractivity contribution < 1.29 is 9.53 Å². The predicted octanol–water partition coefficient (Wildman–Crippen LogP) is 8.04. The fraction of sp³-hybridized carbons (Fsp3) is 0.433. The second-order valence-electron chi connectivity index (χ2n) is 11.1. The van der Waals surface area contributed by atoms with Gasteiger partial charge in [-0.05, 0) is 88.2 Å². The predicted molar refractivity (Wildman–Crippen MR) is 134 cm³/mol. The Morgan fingerprint density at radius 3 is 2.06 bits per heavy atom. The number of hydrogen-bond donors (Lipinski definition) is 0. The molecule has 0 amide bonds. The molecule has 168 valence electrons. The number of hydrogen-bond acceptors (Lipinski definition) is 2. The van der Waals surface area contributed by atoms with Gasteiger partial charge >= 0.3 is 5.97 Å². The minimum atomic E-state index is -0.642. The third-order valence-electron chi connectivity index (χ3n) is 7.38. The van der Waals surface area contributed by atoms with E-state index in [1.807, 2.05) is 20.8 Å². The highest BCUT2D eigenvalue weighted by molar-refractivity contribution is 5.88. The largest absolute Gasteiger partial charge is 0.455 e. The van der Waals surface area contributed by atoms with Crippen molar-refractivity contribution in [1.29, 1.82) is 0 Å². The van der Waals surface area contributed by atoms with Crippen molar-refractivity contribution >= 4 is 16.7 Å². The van der Waals surface area contributed by atoms with Crippen LogP contribution in [0.4, 0.5) is 0 Å². The number of carbonyl (C=O) groups is 1. The Hall–Kier alpha value is -2.61. The van der Waals surface area contributed by atoms with Crippen molar-refractivity contribution in [3.05, 3.63) is 71.3 Å². The SMILES string of the molecule is CCC(=O)OC(C)(C)c1ccc2cc(-c3ccc4c(c3)C(C)(C)CCC4(C)C)ccc2c1. The monoisotopic (exact) mass is 428 g/mol. The Kier molecular flexibility index (Phi) is 5.48. The van der Waals surface area contributed by atoms with E-state index in [0.29, 0.717) is 6.42 Å². The molecule has 4 rings (SSSR count). The lowest BCUT2D eigenvalue weighted by atomic mass is 9.63. The Balaban J connectivity index is 1.72. The molecule has 32 heavy (non-hydrogen) atoms. The van der Waals surface area contributed by atoms with Gasteiger partial charge in [-0.2, -0.15) is 0 Å². The number of esters is 1. The van der Waals surface area contributed by atoms with Gasteiger partial charge in [-0.25, -0.2) is 0 Å². The van der Waals surface area contributed by atoms with E-state index in [-0.39, 0.29) is 16.8 Å². The molecule has 0 N–H and O–H groups in total. The van der Waals surface area contributed by atoms with Crippen LogP contribution in [0.25, 0.3) is 21.9 Å². The van der Waals surface area contributed by atoms with Gasteiger partial charge in [0.1, 0.15) is 5.60 Å². The first-order chi connectivity index (χ1) is 14.9. The molecule has 0 saturated carbocycles. The van der Waals surface area contributed by atoms with Gasteiger partial charge in [-0.15, -0.1) is 0 Å². The van der Waals surface area contributed by atoms with Crippen LogP contribution in [-0.4, -0.2) is 5.97 Å². The fourth-order valence-corrected chi connectivity index (χ4v) is 4.98. The van der Waals surface area contributed by atoms with E-state index in [1.165, 1.54) is 40.5 Å². The van der Waals surface area contributed by atoms with Gasteiger partial charge in [-0.3, -0.25) is 4.79 Å². The summed E-state index contributed by atoms with van der Waals surface area (Å²) in [5.74, 6) is -0.177. The number of rotatable bonds is 4. The molecule has 0 heterocycles. The zero-order chi connectivity index (χ0) is 23.3. The second-order valence-corrected chi connectivity index (χ2v) is 11.1. The molecule has 2 nitrogen and oxygen atoms in total. The number of benzene rings is 3. The fourth-order valence-electron chi connectivity index (χ4n) is 4.98. The Bertz CT molecular complexity index is 1180. The first-order valence-corrected chi connectivity index (χ1v) is 11.8. The second kappa shape index (κ2) is 7.76. The van der Waals surface area contributed by atoms with Gasteiger partial charge in [0.05, 0.1) is 0 Å². The lowest BCUT2D eigenvalue weighted by molar-refractivity contribution is -0.157. The van der Waals surface area contributed by atoms with Crippen LogP contribution in [0, 0.1) is 0 Å². The highest BCUT2D eigenvalue weighted by Gasteiger charge is 2.37. The van der Waals surface area contributed by atoms with Gasteiger partial charge < -0.3 is 4.74 Å². The minimum absolute atomic E-state index is 0.177. The molecular formula is C30H36O2. The summed E-state index contributed by atoms with van der Waals surface area (Å²) in [7, 11) is 0. The van der Waals surface area contributed by atoms with Gasteiger partial charge in [0.2, 0.25) is 0 Å². The first-order valence-electron chi connectivity index (χ1n) is 11.8. The normalized spacial score (nSPS) is 17.1. The molecule has 0 bridgehead atoms. The van der Waals surface area contributed by atoms with Gasteiger partial charge in [-0.1, -0.05) is 77.1 Å². The van der Waals surface area contributed by atoms with Crippen LogP contribution in [0.15, 0.2) is 54.6 Å². The topological polar surface area (TPSA) is 26.3 Å². The van der Waals surface area contributed by atoms with E-state index in [1.54, 1.807) is 0 Å². The summed E-state index contributed by atoms with van der Waals surface area (Å²) in [4.78, 5) is 11.8. The number of carbonyl (C=O) groups excluding carboxylic acids is 1. The zero-order valence-electron chi connectivity index (χ0n) is 20.6. The average molecular weight is 429 g/mol. The highest BCUT2D eigenvalue weighted by Crippen LogP contribution is 2.47. The quantitative estimate of drug-likeness (QED) is 0.393. The first kappa shape index (κ1) is 22.6. The molecule has 0 aliphatic heterocycles. The third kappa shape index (κ3) is 4.08. The van der Waals surface area contributed by atoms with Crippen LogP contribution in [0.2, 0.25) is 0 Å². The van der Waals surface area contributed by atoms with Crippen LogP contribution in [-0.2, 0) is 26.0 Å². The molecule has 0 aromatic heterocycles. The van der Waals surface area contributed by atoms with Crippen molar-refractivity contribution in [2.24, 2.45) is 0 Å². The standard InChI is InChI=1S/C30H36O2/c1-8-27(31)32-30(6,7)24-13-11-21-17-20(9-10-22(21)18-24)23-12-14-25-26(19-23)29(4,5)16-15-28(25,2)3/h9-14,17-19H,8,15-16H2,1-7H3. The van der Waals surface area contributed by atoms with Crippen molar-refractivity contribution in [3.63, 3.8) is 0 Å². The molecule has 3 aromatic carbocycles. The maximum atomic E-state index is 11.8. The van der Waals surface area contributed by atoms with E-state index >= 15 is 0 Å². The summed E-state index contributed by atoms with van der Waals surface area (Å²) in [6.07, 6.45) is 2.83. The average Bonchev–Trinajstić information content (AvgIpc) is 2.75. The summed E-state index contributed by atoms with van der Waals surface area (Å²) in [6, 6.07) is 20.1. The molecule has 3 aromatic rings. The molecule has 0 saturated heterocycles. The van der Waals surface area contributed by atoms with Crippen LogP contribution in [0.1, 0.15) is 84.4 Å². The van der Waals surface area contributed by atoms with E-state index in [9.17, 15) is 4.79 Å². The summed E-state index contributed by atoms with van der Waals surface area (Å²) in [6.45, 7) is 15.2. The lowest BCUT2D eigenvalue weighted by Gasteiger charge is -2.42. The Morgan fingerprint density at radius 1 is 0.812 bits per heavy atom. The lowest BCUT2D eigenvalue weighted by Crippen LogP contribution is -2.33. The third-order valence-corrected chi connectivity index (χ3v) is 7.38. The summed E-state index contributed by atoms with van der Waals surface area (Å²) in [5.41, 5.74) is 6.30. The molecule has 1 aliphatic rings. The van der Waals surface area contributed by atoms with Crippen molar-refractivity contribution in [2.45, 2.75) is 84.2 Å². The molecule has 0 fully saturated rings. The molecular weight excluding hydrogens is 392 g/mol. The highest BCUT2D eigenvalue weighted by atomic mass is 16.6. The zero-order valence-corrected chi connectivity index (χ0v) is 20.6. The van der Waals surface area contributed by atoms with Crippen LogP contribution in [0.3, 0.4) is 0 Å². The Morgan fingerprint density at radius 2 is 1.38 bits per heavy atom. The van der Waals surface area contributed by atoms with Crippen molar-refractivity contribution in [1.82, 2.24) is 0 Å². The molecule has 0 unspecified atom stereocenters. The van der Waals surface area contributed by atoms with Gasteiger partial charge in [0, 0.05) is 6.42 Å². The smallest absolute Gasteiger partial charge is 0.306 e. The maximum absolute atomic E-state index is 11.8. The number of ether oxygens (including phenoxy) is 1. The van der Waals surface area contributed by atoms with Crippen LogP contribution < -0.4 is 0 Å². The van der Waals surface area contributed by atoms with Gasteiger partial charge in [0.25, 0.3) is 0 Å². The summed E-state index contributed by atoms with van der Waals surface area (Å²) < 4.78 is 5.67. The van der Waals surface area contributed by atoms with Crippen LogP contribution >= 0.6 is 0 Å². The molecule has 2 heteroatoms. The Labute approximate surface area is 193 Å². The molecule has 1 aliphatic carbocycles. The summed E-state index contributed by atoms with van der Waals surface area (Å²) >= 11 is 0. The molecule has 0 radical (unpaired) electrons. The van der Waals surface area contributed by atoms with Crippen molar-refractivity contribution in [2.75, 3.05) is 0 Å². The van der Waals surface area contributed by atoms with E-state index in [0.717, 1.165) is 10.9 Å². The van der Waals surface area contributed by atoms with Gasteiger partial charge in [0.15, 0.2) is 0 Å². The van der Waals surface area contributed by atoms with Crippen LogP contribution in [0.5, 0.6) is 0 Å². The van der Waals surface area contributed by atoms with E-state index < -0.39 is 5.60 Å².